The summed E-state index contributed by atoms with van der Waals surface area (Å²) in [5.41, 5.74) is -1.31. The van der Waals surface area contributed by atoms with Crippen LogP contribution in [0.25, 0.3) is 0 Å². The lowest BCUT2D eigenvalue weighted by molar-refractivity contribution is -0.389. The van der Waals surface area contributed by atoms with Crippen molar-refractivity contribution >= 4 is 17.4 Å². The molecule has 0 amide bonds. The van der Waals surface area contributed by atoms with Gasteiger partial charge in [0.05, 0.1) is 11.4 Å². The summed E-state index contributed by atoms with van der Waals surface area (Å²) < 4.78 is 36.8. The molecule has 0 radical (unpaired) electrons. The molecule has 0 spiro atoms. The first kappa shape index (κ1) is 11.7. The van der Waals surface area contributed by atoms with Crippen LogP contribution in [0.3, 0.4) is 0 Å². The highest BCUT2D eigenvalue weighted by Crippen LogP contribution is 2.31. The summed E-state index contributed by atoms with van der Waals surface area (Å²) >= 11 is 5.27. The first-order valence-corrected chi connectivity index (χ1v) is 4.16. The minimum absolute atomic E-state index is 0.182. The summed E-state index contributed by atoms with van der Waals surface area (Å²) in [4.78, 5) is 12.6. The van der Waals surface area contributed by atoms with Crippen LogP contribution in [0.1, 0.15) is 11.3 Å². The van der Waals surface area contributed by atoms with Crippen molar-refractivity contribution in [3.63, 3.8) is 0 Å². The van der Waals surface area contributed by atoms with Gasteiger partial charge in [-0.2, -0.15) is 13.2 Å². The Labute approximate surface area is 86.8 Å². The second-order valence-electron chi connectivity index (χ2n) is 2.59. The summed E-state index contributed by atoms with van der Waals surface area (Å²) in [6, 6.07) is 1.05. The molecule has 4 nitrogen and oxygen atoms in total. The van der Waals surface area contributed by atoms with E-state index < -0.39 is 22.5 Å². The topological polar surface area (TPSA) is 56.0 Å². The van der Waals surface area contributed by atoms with Crippen LogP contribution in [0.4, 0.5) is 19.0 Å². The van der Waals surface area contributed by atoms with Gasteiger partial charge >= 0.3 is 12.0 Å². The molecule has 0 unspecified atom stereocenters. The zero-order chi connectivity index (χ0) is 11.6. The Kier molecular flexibility index (Phi) is 3.13. The van der Waals surface area contributed by atoms with Crippen LogP contribution >= 0.6 is 11.6 Å². The van der Waals surface area contributed by atoms with Crippen LogP contribution < -0.4 is 0 Å². The molecule has 0 N–H and O–H groups in total. The third-order valence-electron chi connectivity index (χ3n) is 1.52. The highest BCUT2D eigenvalue weighted by Gasteiger charge is 2.33. The molecular formula is C7H4ClF3N2O2. The van der Waals surface area contributed by atoms with Crippen LogP contribution in [-0.4, -0.2) is 9.91 Å². The second-order valence-corrected chi connectivity index (χ2v) is 2.86. The first-order chi connectivity index (χ1) is 6.84. The molecule has 0 fully saturated rings. The van der Waals surface area contributed by atoms with Crippen molar-refractivity contribution < 1.29 is 18.1 Å². The van der Waals surface area contributed by atoms with Gasteiger partial charge in [0, 0.05) is 6.07 Å². The Morgan fingerprint density at radius 3 is 2.47 bits per heavy atom. The van der Waals surface area contributed by atoms with Crippen molar-refractivity contribution in [3.8, 4) is 0 Å². The molecule has 0 bridgehead atoms. The fraction of sp³-hybridized carbons (Fsp3) is 0.286. The standard InChI is InChI=1S/C7H4ClF3N2O2/c8-3-5-1-4(7(9,10)11)2-6(12-5)13(14)15/h1-2H,3H2. The lowest BCUT2D eigenvalue weighted by Gasteiger charge is -2.05. The number of alkyl halides is 4. The summed E-state index contributed by atoms with van der Waals surface area (Å²) in [5, 5.41) is 10.3. The number of nitro groups is 1. The molecule has 1 rings (SSSR count). The molecule has 0 aliphatic rings. The summed E-state index contributed by atoms with van der Waals surface area (Å²) in [5.74, 6) is -1.18. The average molecular weight is 241 g/mol. The third-order valence-corrected chi connectivity index (χ3v) is 1.79. The maximum atomic E-state index is 12.3. The average Bonchev–Trinajstić information content (AvgIpc) is 2.15. The SMILES string of the molecule is O=[N+]([O-])c1cc(C(F)(F)F)cc(CCl)n1. The van der Waals surface area contributed by atoms with Crippen molar-refractivity contribution in [2.24, 2.45) is 0 Å². The number of rotatable bonds is 2. The number of aromatic nitrogens is 1. The molecule has 0 saturated heterocycles. The molecule has 0 aliphatic heterocycles. The van der Waals surface area contributed by atoms with Crippen molar-refractivity contribution in [2.75, 3.05) is 0 Å². The minimum Gasteiger partial charge on any atom is -0.358 e. The molecule has 8 heteroatoms. The van der Waals surface area contributed by atoms with Crippen molar-refractivity contribution in [3.05, 3.63) is 33.5 Å². The highest BCUT2D eigenvalue weighted by molar-refractivity contribution is 6.16. The van der Waals surface area contributed by atoms with Crippen molar-refractivity contribution in [1.29, 1.82) is 0 Å². The number of nitrogens with zero attached hydrogens (tertiary/aromatic N) is 2. The zero-order valence-electron chi connectivity index (χ0n) is 7.08. The van der Waals surface area contributed by atoms with Gasteiger partial charge in [0.25, 0.3) is 0 Å². The Morgan fingerprint density at radius 1 is 1.47 bits per heavy atom. The fourth-order valence-electron chi connectivity index (χ4n) is 0.898. The summed E-state index contributed by atoms with van der Waals surface area (Å²) in [6.07, 6.45) is -4.64. The Bertz CT molecular complexity index is 394. The predicted molar refractivity (Wildman–Crippen MR) is 45.5 cm³/mol. The number of pyridine rings is 1. The fourth-order valence-corrected chi connectivity index (χ4v) is 1.03. The van der Waals surface area contributed by atoms with Gasteiger partial charge in [0.1, 0.15) is 0 Å². The monoisotopic (exact) mass is 240 g/mol. The van der Waals surface area contributed by atoms with Crippen LogP contribution in [0.15, 0.2) is 12.1 Å². The number of hydrogen-bond donors (Lipinski definition) is 0. The van der Waals surface area contributed by atoms with Gasteiger partial charge in [-0.05, 0) is 16.0 Å². The van der Waals surface area contributed by atoms with E-state index in [0.29, 0.717) is 12.1 Å². The van der Waals surface area contributed by atoms with Gasteiger partial charge in [-0.25, -0.2) is 0 Å². The van der Waals surface area contributed by atoms with E-state index >= 15 is 0 Å². The molecule has 15 heavy (non-hydrogen) atoms. The van der Waals surface area contributed by atoms with Gasteiger partial charge in [0.2, 0.25) is 0 Å². The van der Waals surface area contributed by atoms with E-state index in [2.05, 4.69) is 4.98 Å². The van der Waals surface area contributed by atoms with Crippen LogP contribution in [0.5, 0.6) is 0 Å². The maximum absolute atomic E-state index is 12.3. The van der Waals surface area contributed by atoms with Crippen molar-refractivity contribution in [2.45, 2.75) is 12.1 Å². The van der Waals surface area contributed by atoms with Gasteiger partial charge in [-0.1, -0.05) is 0 Å². The van der Waals surface area contributed by atoms with Gasteiger partial charge in [-0.15, -0.1) is 11.6 Å². The summed E-state index contributed by atoms with van der Waals surface area (Å²) in [7, 11) is 0. The van der Waals surface area contributed by atoms with E-state index in [1.54, 1.807) is 0 Å². The summed E-state index contributed by atoms with van der Waals surface area (Å²) in [6.45, 7) is 0. The van der Waals surface area contributed by atoms with Crippen LogP contribution in [0, 0.1) is 10.1 Å². The van der Waals surface area contributed by atoms with E-state index in [0.717, 1.165) is 0 Å². The lowest BCUT2D eigenvalue weighted by Crippen LogP contribution is -2.08. The molecule has 0 atom stereocenters. The molecule has 0 saturated carbocycles. The van der Waals surface area contributed by atoms with Crippen LogP contribution in [-0.2, 0) is 12.1 Å². The van der Waals surface area contributed by atoms with E-state index in [1.165, 1.54) is 0 Å². The molecule has 1 aromatic rings. The van der Waals surface area contributed by atoms with E-state index in [9.17, 15) is 23.3 Å². The highest BCUT2D eigenvalue weighted by atomic mass is 35.5. The van der Waals surface area contributed by atoms with Gasteiger partial charge < -0.3 is 10.1 Å². The Morgan fingerprint density at radius 2 is 2.07 bits per heavy atom. The molecule has 0 aliphatic carbocycles. The Balaban J connectivity index is 3.30. The normalized spacial score (nSPS) is 11.5. The predicted octanol–water partition coefficient (Wildman–Crippen LogP) is 2.75. The number of hydrogen-bond acceptors (Lipinski definition) is 3. The van der Waals surface area contributed by atoms with Gasteiger partial charge in [0.15, 0.2) is 5.69 Å². The van der Waals surface area contributed by atoms with Crippen molar-refractivity contribution in [1.82, 2.24) is 4.98 Å². The smallest absolute Gasteiger partial charge is 0.358 e. The quantitative estimate of drug-likeness (QED) is 0.454. The first-order valence-electron chi connectivity index (χ1n) is 3.63. The molecule has 82 valence electrons. The van der Waals surface area contributed by atoms with E-state index in [4.69, 9.17) is 11.6 Å². The largest absolute Gasteiger partial charge is 0.416 e. The maximum Gasteiger partial charge on any atom is 0.416 e. The van der Waals surface area contributed by atoms with E-state index in [1.807, 2.05) is 0 Å². The third kappa shape index (κ3) is 2.79. The molecule has 1 aromatic heterocycles. The Hall–Kier alpha value is -1.37. The second kappa shape index (κ2) is 4.01. The number of halogens is 4. The van der Waals surface area contributed by atoms with E-state index in [-0.39, 0.29) is 11.6 Å². The molecule has 1 heterocycles. The van der Waals surface area contributed by atoms with Gasteiger partial charge in [-0.3, -0.25) is 0 Å². The molecule has 0 aromatic carbocycles. The lowest BCUT2D eigenvalue weighted by atomic mass is 10.2. The molecular weight excluding hydrogens is 237 g/mol. The minimum atomic E-state index is -4.64. The zero-order valence-corrected chi connectivity index (χ0v) is 7.84. The van der Waals surface area contributed by atoms with Crippen LogP contribution in [0.2, 0.25) is 0 Å².